The first-order chi connectivity index (χ1) is 7.27. The van der Waals surface area contributed by atoms with Crippen LogP contribution in [0.3, 0.4) is 0 Å². The van der Waals surface area contributed by atoms with Gasteiger partial charge in [0.25, 0.3) is 0 Å². The van der Waals surface area contributed by atoms with E-state index in [0.717, 1.165) is 26.6 Å². The molecule has 0 fully saturated rings. The molecule has 0 radical (unpaired) electrons. The van der Waals surface area contributed by atoms with Gasteiger partial charge in [0.2, 0.25) is 0 Å². The molecule has 2 rings (SSSR count). The molecule has 3 heteroatoms. The normalized spacial score (nSPS) is 10.6. The van der Waals surface area contributed by atoms with E-state index in [-0.39, 0.29) is 0 Å². The number of alkyl halides is 1. The Labute approximate surface area is 102 Å². The maximum Gasteiger partial charge on any atom is 0.123 e. The first-order valence-corrected chi connectivity index (χ1v) is 5.90. The van der Waals surface area contributed by atoms with Crippen molar-refractivity contribution in [2.45, 2.75) is 5.88 Å². The number of fused-ring (bicyclic) bond motifs is 1. The predicted octanol–water partition coefficient (Wildman–Crippen LogP) is 4.35. The van der Waals surface area contributed by atoms with Crippen LogP contribution >= 0.6 is 27.5 Å². The zero-order valence-corrected chi connectivity index (χ0v) is 10.6. The average Bonchev–Trinajstić information content (AvgIpc) is 2.28. The molecule has 0 aliphatic heterocycles. The number of ether oxygens (including phenoxy) is 1. The van der Waals surface area contributed by atoms with Crippen molar-refractivity contribution < 1.29 is 4.74 Å². The molecular weight excluding hydrogens is 275 g/mol. The van der Waals surface area contributed by atoms with Gasteiger partial charge in [-0.3, -0.25) is 0 Å². The highest BCUT2D eigenvalue weighted by atomic mass is 79.9. The lowest BCUT2D eigenvalue weighted by molar-refractivity contribution is 0.412. The van der Waals surface area contributed by atoms with Gasteiger partial charge in [-0.25, -0.2) is 0 Å². The first-order valence-electron chi connectivity index (χ1n) is 4.58. The number of halogens is 2. The molecular formula is C12H10BrClO. The summed E-state index contributed by atoms with van der Waals surface area (Å²) < 4.78 is 6.36. The van der Waals surface area contributed by atoms with Crippen molar-refractivity contribution in [3.05, 3.63) is 40.4 Å². The van der Waals surface area contributed by atoms with Crippen molar-refractivity contribution in [1.29, 1.82) is 0 Å². The Morgan fingerprint density at radius 2 is 2.00 bits per heavy atom. The highest BCUT2D eigenvalue weighted by Gasteiger charge is 2.08. The number of rotatable bonds is 2. The van der Waals surface area contributed by atoms with E-state index in [0.29, 0.717) is 5.88 Å². The van der Waals surface area contributed by atoms with Gasteiger partial charge in [-0.15, -0.1) is 11.6 Å². The molecule has 0 amide bonds. The topological polar surface area (TPSA) is 9.23 Å². The van der Waals surface area contributed by atoms with Crippen molar-refractivity contribution in [2.75, 3.05) is 7.11 Å². The van der Waals surface area contributed by atoms with E-state index in [4.69, 9.17) is 16.3 Å². The van der Waals surface area contributed by atoms with Gasteiger partial charge >= 0.3 is 0 Å². The maximum absolute atomic E-state index is 5.95. The van der Waals surface area contributed by atoms with Gasteiger partial charge in [0.05, 0.1) is 13.0 Å². The second-order valence-corrected chi connectivity index (χ2v) is 4.34. The molecule has 0 bridgehead atoms. The molecule has 2 aromatic carbocycles. The molecule has 78 valence electrons. The smallest absolute Gasteiger partial charge is 0.123 e. The van der Waals surface area contributed by atoms with Gasteiger partial charge in [0, 0.05) is 10.0 Å². The summed E-state index contributed by atoms with van der Waals surface area (Å²) >= 11 is 9.47. The number of benzene rings is 2. The maximum atomic E-state index is 5.95. The summed E-state index contributed by atoms with van der Waals surface area (Å²) in [5, 5.41) is 2.30. The molecule has 0 aromatic heterocycles. The van der Waals surface area contributed by atoms with Gasteiger partial charge in [-0.2, -0.15) is 0 Å². The molecule has 0 aliphatic carbocycles. The predicted molar refractivity (Wildman–Crippen MR) is 67.8 cm³/mol. The quantitative estimate of drug-likeness (QED) is 0.745. The monoisotopic (exact) mass is 284 g/mol. The third-order valence-electron chi connectivity index (χ3n) is 2.43. The third-order valence-corrected chi connectivity index (χ3v) is 3.39. The number of methoxy groups -OCH3 is 1. The van der Waals surface area contributed by atoms with Crippen molar-refractivity contribution in [1.82, 2.24) is 0 Å². The van der Waals surface area contributed by atoms with Crippen molar-refractivity contribution in [3.8, 4) is 5.75 Å². The lowest BCUT2D eigenvalue weighted by atomic mass is 10.0. The second-order valence-electron chi connectivity index (χ2n) is 3.21. The molecule has 0 atom stereocenters. The van der Waals surface area contributed by atoms with E-state index < -0.39 is 0 Å². The van der Waals surface area contributed by atoms with Crippen LogP contribution in [0, 0.1) is 0 Å². The second kappa shape index (κ2) is 4.42. The van der Waals surface area contributed by atoms with Crippen LogP contribution in [-0.2, 0) is 5.88 Å². The summed E-state index contributed by atoms with van der Waals surface area (Å²) in [6.45, 7) is 0. The Balaban J connectivity index is 2.82. The molecule has 0 spiro atoms. The molecule has 2 aromatic rings. The molecule has 0 heterocycles. The van der Waals surface area contributed by atoms with E-state index in [1.54, 1.807) is 7.11 Å². The molecule has 0 saturated carbocycles. The summed E-state index contributed by atoms with van der Waals surface area (Å²) in [6, 6.07) is 10.1. The van der Waals surface area contributed by atoms with Crippen LogP contribution in [0.15, 0.2) is 34.8 Å². The van der Waals surface area contributed by atoms with Crippen LogP contribution < -0.4 is 4.74 Å². The van der Waals surface area contributed by atoms with Gasteiger partial charge in [-0.1, -0.05) is 28.1 Å². The summed E-state index contributed by atoms with van der Waals surface area (Å²) in [4.78, 5) is 0. The summed E-state index contributed by atoms with van der Waals surface area (Å²) in [6.07, 6.45) is 0. The van der Waals surface area contributed by atoms with E-state index in [1.165, 1.54) is 0 Å². The van der Waals surface area contributed by atoms with Gasteiger partial charge in [-0.05, 0) is 29.0 Å². The van der Waals surface area contributed by atoms with Crippen LogP contribution in [0.5, 0.6) is 5.75 Å². The van der Waals surface area contributed by atoms with Crippen molar-refractivity contribution >= 4 is 38.3 Å². The number of hydrogen-bond donors (Lipinski definition) is 0. The highest BCUT2D eigenvalue weighted by Crippen LogP contribution is 2.32. The standard InChI is InChI=1S/C12H10BrClO/c1-15-12-6-5-9-8(10(12)7-14)3-2-4-11(9)13/h2-6H,7H2,1H3. The Morgan fingerprint density at radius 3 is 2.67 bits per heavy atom. The lowest BCUT2D eigenvalue weighted by Gasteiger charge is -2.10. The van der Waals surface area contributed by atoms with E-state index in [1.807, 2.05) is 24.3 Å². The SMILES string of the molecule is COc1ccc2c(Br)cccc2c1CCl. The lowest BCUT2D eigenvalue weighted by Crippen LogP contribution is -1.91. The molecule has 1 nitrogen and oxygen atoms in total. The third kappa shape index (κ3) is 1.84. The zero-order valence-electron chi connectivity index (χ0n) is 8.26. The molecule has 15 heavy (non-hydrogen) atoms. The Morgan fingerprint density at radius 1 is 1.20 bits per heavy atom. The van der Waals surface area contributed by atoms with Gasteiger partial charge in [0.1, 0.15) is 5.75 Å². The van der Waals surface area contributed by atoms with Crippen LogP contribution in [0.25, 0.3) is 10.8 Å². The fraction of sp³-hybridized carbons (Fsp3) is 0.167. The zero-order chi connectivity index (χ0) is 10.8. The minimum atomic E-state index is 0.455. The Hall–Kier alpha value is -0.730. The van der Waals surface area contributed by atoms with E-state index in [9.17, 15) is 0 Å². The summed E-state index contributed by atoms with van der Waals surface area (Å²) in [5.41, 5.74) is 1.04. The van der Waals surface area contributed by atoms with Gasteiger partial charge < -0.3 is 4.74 Å². The molecule has 0 aliphatic rings. The molecule has 0 N–H and O–H groups in total. The van der Waals surface area contributed by atoms with Crippen LogP contribution in [0.4, 0.5) is 0 Å². The van der Waals surface area contributed by atoms with Crippen molar-refractivity contribution in [3.63, 3.8) is 0 Å². The van der Waals surface area contributed by atoms with E-state index >= 15 is 0 Å². The van der Waals surface area contributed by atoms with Crippen molar-refractivity contribution in [2.24, 2.45) is 0 Å². The Kier molecular flexibility index (Phi) is 3.17. The fourth-order valence-electron chi connectivity index (χ4n) is 1.69. The molecule has 0 saturated heterocycles. The first kappa shape index (κ1) is 10.8. The fourth-order valence-corrected chi connectivity index (χ4v) is 2.47. The number of hydrogen-bond acceptors (Lipinski definition) is 1. The summed E-state index contributed by atoms with van der Waals surface area (Å²) in [5.74, 6) is 1.30. The minimum Gasteiger partial charge on any atom is -0.496 e. The van der Waals surface area contributed by atoms with Gasteiger partial charge in [0.15, 0.2) is 0 Å². The van der Waals surface area contributed by atoms with Crippen LogP contribution in [-0.4, -0.2) is 7.11 Å². The van der Waals surface area contributed by atoms with Crippen LogP contribution in [0.1, 0.15) is 5.56 Å². The van der Waals surface area contributed by atoms with E-state index in [2.05, 4.69) is 22.0 Å². The minimum absolute atomic E-state index is 0.455. The summed E-state index contributed by atoms with van der Waals surface area (Å²) in [7, 11) is 1.66. The largest absolute Gasteiger partial charge is 0.496 e. The average molecular weight is 286 g/mol. The van der Waals surface area contributed by atoms with Crippen LogP contribution in [0.2, 0.25) is 0 Å². The molecule has 0 unspecified atom stereocenters. The Bertz CT molecular complexity index is 496. The highest BCUT2D eigenvalue weighted by molar-refractivity contribution is 9.10.